The summed E-state index contributed by atoms with van der Waals surface area (Å²) in [5, 5.41) is 0.450. The van der Waals surface area contributed by atoms with Crippen molar-refractivity contribution in [2.45, 2.75) is 51.3 Å². The van der Waals surface area contributed by atoms with E-state index >= 15 is 4.39 Å². The van der Waals surface area contributed by atoms with Crippen LogP contribution in [0.4, 0.5) is 10.2 Å². The largest absolute Gasteiger partial charge is 0.463 e. The Bertz CT molecular complexity index is 1260. The van der Waals surface area contributed by atoms with Crippen molar-refractivity contribution in [1.82, 2.24) is 14.5 Å². The number of carbonyl (C=O) groups excluding carboxylic acids is 2. The van der Waals surface area contributed by atoms with Crippen molar-refractivity contribution in [3.8, 4) is 0 Å². The Balaban J connectivity index is 1.59. The summed E-state index contributed by atoms with van der Waals surface area (Å²) < 4.78 is 34.2. The maximum absolute atomic E-state index is 15.5. The number of alkyl halides is 1. The molecule has 5 atom stereocenters. The molecule has 9 nitrogen and oxygen atoms in total. The number of ether oxygens (including phenoxy) is 3. The summed E-state index contributed by atoms with van der Waals surface area (Å²) in [6.45, 7) is 4.47. The standard InChI is InChI=1S/C25H28ClFN4O5/c1-4-34-23(33)25(15(3)32,12-16-8-6-5-7-9-16)35-13-18-14(2)19(27)22(36-18)31-11-10-17-20(28)29-24(26)30-21(17)31/h5-11,14,18-19,22H,4,12-13H2,1-3H3,(H2,28,29,30)/t14-,18-,19+,22-,25?/m1/s1. The van der Waals surface area contributed by atoms with Crippen LogP contribution in [0.5, 0.6) is 0 Å². The molecule has 36 heavy (non-hydrogen) atoms. The summed E-state index contributed by atoms with van der Waals surface area (Å²) in [6, 6.07) is 10.7. The number of benzene rings is 1. The molecule has 3 heterocycles. The van der Waals surface area contributed by atoms with Crippen LogP contribution in [0.2, 0.25) is 5.28 Å². The third-order valence-electron chi connectivity index (χ3n) is 6.49. The number of fused-ring (bicyclic) bond motifs is 1. The van der Waals surface area contributed by atoms with Crippen LogP contribution in [0.1, 0.15) is 32.6 Å². The van der Waals surface area contributed by atoms with E-state index in [0.717, 1.165) is 5.56 Å². The van der Waals surface area contributed by atoms with E-state index < -0.39 is 41.8 Å². The zero-order valence-corrected chi connectivity index (χ0v) is 20.9. The van der Waals surface area contributed by atoms with Crippen LogP contribution in [-0.4, -0.2) is 57.4 Å². The Morgan fingerprint density at radius 3 is 2.64 bits per heavy atom. The lowest BCUT2D eigenvalue weighted by Gasteiger charge is -2.31. The van der Waals surface area contributed by atoms with Crippen molar-refractivity contribution in [2.75, 3.05) is 18.9 Å². The number of hydrogen-bond donors (Lipinski definition) is 1. The van der Waals surface area contributed by atoms with E-state index in [1.165, 1.54) is 11.5 Å². The normalized spacial score (nSPS) is 23.5. The van der Waals surface area contributed by atoms with Crippen molar-refractivity contribution < 1.29 is 28.2 Å². The summed E-state index contributed by atoms with van der Waals surface area (Å²) in [5.41, 5.74) is 5.08. The molecule has 2 aromatic heterocycles. The average molecular weight is 519 g/mol. The van der Waals surface area contributed by atoms with Crippen LogP contribution in [0.3, 0.4) is 0 Å². The second kappa shape index (κ2) is 10.5. The fraction of sp³-hybridized carbons (Fsp3) is 0.440. The first-order valence-corrected chi connectivity index (χ1v) is 12.0. The highest BCUT2D eigenvalue weighted by Gasteiger charge is 2.50. The van der Waals surface area contributed by atoms with Crippen LogP contribution in [0, 0.1) is 5.92 Å². The smallest absolute Gasteiger partial charge is 0.346 e. The topological polar surface area (TPSA) is 119 Å². The maximum atomic E-state index is 15.5. The van der Waals surface area contributed by atoms with Gasteiger partial charge in [0, 0.05) is 18.5 Å². The molecule has 0 bridgehead atoms. The van der Waals surface area contributed by atoms with E-state index in [-0.39, 0.29) is 30.7 Å². The molecule has 1 saturated heterocycles. The van der Waals surface area contributed by atoms with Gasteiger partial charge in [-0.1, -0.05) is 37.3 Å². The number of nitrogen functional groups attached to an aromatic ring is 1. The van der Waals surface area contributed by atoms with Crippen LogP contribution < -0.4 is 5.73 Å². The number of Topliss-reactive ketones (excluding diaryl/α,β-unsaturated/α-hetero) is 1. The third-order valence-corrected chi connectivity index (χ3v) is 6.66. The van der Waals surface area contributed by atoms with Gasteiger partial charge in [-0.25, -0.2) is 14.2 Å². The molecule has 1 aliphatic heterocycles. The van der Waals surface area contributed by atoms with Crippen LogP contribution in [0.15, 0.2) is 42.6 Å². The summed E-state index contributed by atoms with van der Waals surface area (Å²) >= 11 is 5.96. The SMILES string of the molecule is CCOC(=O)C(Cc1ccccc1)(OC[C@H]1O[C@@H](n2ccc3c(N)nc(Cl)nc32)[C@@H](F)[C@@H]1C)C(C)=O. The maximum Gasteiger partial charge on any atom is 0.346 e. The summed E-state index contributed by atoms with van der Waals surface area (Å²) in [4.78, 5) is 33.9. The quantitative estimate of drug-likeness (QED) is 0.259. The Morgan fingerprint density at radius 1 is 1.25 bits per heavy atom. The zero-order chi connectivity index (χ0) is 26.0. The molecule has 0 radical (unpaired) electrons. The van der Waals surface area contributed by atoms with Crippen molar-refractivity contribution >= 4 is 40.2 Å². The summed E-state index contributed by atoms with van der Waals surface area (Å²) in [7, 11) is 0. The lowest BCUT2D eigenvalue weighted by Crippen LogP contribution is -2.52. The lowest BCUT2D eigenvalue weighted by molar-refractivity contribution is -0.182. The third kappa shape index (κ3) is 4.80. The van der Waals surface area contributed by atoms with Crippen LogP contribution in [0.25, 0.3) is 11.0 Å². The van der Waals surface area contributed by atoms with E-state index in [1.54, 1.807) is 50.4 Å². The van der Waals surface area contributed by atoms with Crippen LogP contribution >= 0.6 is 11.6 Å². The van der Waals surface area contributed by atoms with E-state index in [4.69, 9.17) is 31.5 Å². The number of rotatable bonds is 9. The number of aromatic nitrogens is 3. The molecule has 0 saturated carbocycles. The van der Waals surface area contributed by atoms with Crippen molar-refractivity contribution in [1.29, 1.82) is 0 Å². The summed E-state index contributed by atoms with van der Waals surface area (Å²) in [5.74, 6) is -1.75. The van der Waals surface area contributed by atoms with Crippen molar-refractivity contribution in [3.63, 3.8) is 0 Å². The fourth-order valence-electron chi connectivity index (χ4n) is 4.39. The zero-order valence-electron chi connectivity index (χ0n) is 20.2. The Kier molecular flexibility index (Phi) is 7.58. The number of anilines is 1. The van der Waals surface area contributed by atoms with Gasteiger partial charge >= 0.3 is 5.97 Å². The predicted octanol–water partition coefficient (Wildman–Crippen LogP) is 3.69. The monoisotopic (exact) mass is 518 g/mol. The molecule has 3 aromatic rings. The van der Waals surface area contributed by atoms with Gasteiger partial charge < -0.3 is 24.5 Å². The minimum Gasteiger partial charge on any atom is -0.463 e. The van der Waals surface area contributed by atoms with Gasteiger partial charge in [0.15, 0.2) is 18.2 Å². The van der Waals surface area contributed by atoms with E-state index in [9.17, 15) is 9.59 Å². The highest BCUT2D eigenvalue weighted by molar-refractivity contribution is 6.28. The minimum absolute atomic E-state index is 0.0253. The van der Waals surface area contributed by atoms with Crippen molar-refractivity contribution in [2.24, 2.45) is 5.92 Å². The minimum atomic E-state index is -1.89. The second-order valence-electron chi connectivity index (χ2n) is 8.78. The molecule has 1 unspecified atom stereocenters. The predicted molar refractivity (Wildman–Crippen MR) is 131 cm³/mol. The highest BCUT2D eigenvalue weighted by Crippen LogP contribution is 2.39. The molecule has 192 valence electrons. The molecule has 2 N–H and O–H groups in total. The molecule has 11 heteroatoms. The van der Waals surface area contributed by atoms with Gasteiger partial charge in [0.25, 0.3) is 0 Å². The molecule has 1 fully saturated rings. The Hall–Kier alpha value is -3.08. The number of halogens is 2. The van der Waals surface area contributed by atoms with Gasteiger partial charge in [-0.2, -0.15) is 4.98 Å². The van der Waals surface area contributed by atoms with Gasteiger partial charge in [-0.3, -0.25) is 4.79 Å². The molecule has 0 aliphatic carbocycles. The van der Waals surface area contributed by atoms with E-state index in [0.29, 0.717) is 11.0 Å². The first kappa shape index (κ1) is 26.0. The van der Waals surface area contributed by atoms with E-state index in [2.05, 4.69) is 9.97 Å². The molecule has 4 rings (SSSR count). The molecule has 1 aliphatic rings. The Labute approximate surface area is 212 Å². The van der Waals surface area contributed by atoms with Gasteiger partial charge in [0.1, 0.15) is 11.5 Å². The van der Waals surface area contributed by atoms with Gasteiger partial charge in [-0.05, 0) is 37.1 Å². The lowest BCUT2D eigenvalue weighted by atomic mass is 9.90. The van der Waals surface area contributed by atoms with Gasteiger partial charge in [0.05, 0.1) is 24.7 Å². The second-order valence-corrected chi connectivity index (χ2v) is 9.12. The van der Waals surface area contributed by atoms with Crippen LogP contribution in [-0.2, 0) is 30.2 Å². The number of hydrogen-bond acceptors (Lipinski definition) is 8. The number of nitrogens with two attached hydrogens (primary N) is 1. The highest BCUT2D eigenvalue weighted by atomic mass is 35.5. The van der Waals surface area contributed by atoms with Gasteiger partial charge in [-0.15, -0.1) is 0 Å². The number of nitrogens with zero attached hydrogens (tertiary/aromatic N) is 3. The molecule has 1 aromatic carbocycles. The number of ketones is 1. The molecular formula is C25H28ClFN4O5. The molecule has 0 spiro atoms. The molecule has 0 amide bonds. The van der Waals surface area contributed by atoms with E-state index in [1.807, 2.05) is 6.07 Å². The fourth-order valence-corrected chi connectivity index (χ4v) is 4.57. The molecular weight excluding hydrogens is 491 g/mol. The van der Waals surface area contributed by atoms with Gasteiger partial charge in [0.2, 0.25) is 10.9 Å². The number of esters is 1. The number of carbonyl (C=O) groups is 2. The average Bonchev–Trinajstić information content (AvgIpc) is 3.38. The van der Waals surface area contributed by atoms with Crippen molar-refractivity contribution in [3.05, 3.63) is 53.4 Å². The first-order valence-electron chi connectivity index (χ1n) is 11.6. The first-order chi connectivity index (χ1) is 17.2. The Morgan fingerprint density at radius 2 is 1.97 bits per heavy atom. The summed E-state index contributed by atoms with van der Waals surface area (Å²) in [6.07, 6.45) is -1.66.